The summed E-state index contributed by atoms with van der Waals surface area (Å²) in [5.74, 6) is -0.00639. The lowest BCUT2D eigenvalue weighted by atomic mass is 10.2. The number of hydrogen-bond acceptors (Lipinski definition) is 2. The highest BCUT2D eigenvalue weighted by Gasteiger charge is 2.06. The van der Waals surface area contributed by atoms with Crippen LogP contribution >= 0.6 is 0 Å². The Hall–Kier alpha value is -1.64. The molecule has 3 heteroatoms. The third kappa shape index (κ3) is 1.13. The van der Waals surface area contributed by atoms with E-state index < -0.39 is 0 Å². The van der Waals surface area contributed by atoms with Crippen LogP contribution in [0.5, 0.6) is 0 Å². The van der Waals surface area contributed by atoms with Gasteiger partial charge in [-0.25, -0.2) is 4.98 Å². The Morgan fingerprint density at radius 1 is 1.46 bits per heavy atom. The number of aryl methyl sites for hydroxylation is 1. The van der Waals surface area contributed by atoms with E-state index in [1.807, 2.05) is 25.1 Å². The summed E-state index contributed by atoms with van der Waals surface area (Å²) in [5, 5.41) is 0. The molecule has 0 saturated carbocycles. The summed E-state index contributed by atoms with van der Waals surface area (Å²) in [5.41, 5.74) is 2.88. The van der Waals surface area contributed by atoms with E-state index in [2.05, 4.69) is 4.98 Å². The van der Waals surface area contributed by atoms with Crippen molar-refractivity contribution in [1.29, 1.82) is 0 Å². The summed E-state index contributed by atoms with van der Waals surface area (Å²) in [7, 11) is 0. The topological polar surface area (TPSA) is 34.9 Å². The van der Waals surface area contributed by atoms with E-state index in [1.165, 1.54) is 6.92 Å². The minimum atomic E-state index is -0.00639. The standard InChI is InChI=1S/C10H10N2O/c1-7-4-3-5-9-10(7)11-6-12(9)8(2)13/h3-6H,1-2H3. The highest BCUT2D eigenvalue weighted by Crippen LogP contribution is 2.15. The first-order valence-corrected chi connectivity index (χ1v) is 4.14. The van der Waals surface area contributed by atoms with Gasteiger partial charge in [-0.05, 0) is 18.6 Å². The normalized spacial score (nSPS) is 10.6. The minimum Gasteiger partial charge on any atom is -0.274 e. The summed E-state index contributed by atoms with van der Waals surface area (Å²) in [6.07, 6.45) is 1.57. The van der Waals surface area contributed by atoms with Crippen molar-refractivity contribution in [3.63, 3.8) is 0 Å². The van der Waals surface area contributed by atoms with Crippen molar-refractivity contribution < 1.29 is 4.79 Å². The maximum atomic E-state index is 11.2. The number of benzene rings is 1. The fourth-order valence-corrected chi connectivity index (χ4v) is 1.43. The molecule has 0 bridgehead atoms. The van der Waals surface area contributed by atoms with Gasteiger partial charge in [0.15, 0.2) is 0 Å². The molecule has 2 rings (SSSR count). The van der Waals surface area contributed by atoms with Crippen LogP contribution in [0.25, 0.3) is 11.0 Å². The average molecular weight is 174 g/mol. The van der Waals surface area contributed by atoms with Crippen molar-refractivity contribution in [2.75, 3.05) is 0 Å². The molecule has 1 aromatic heterocycles. The van der Waals surface area contributed by atoms with Crippen LogP contribution in [0.3, 0.4) is 0 Å². The van der Waals surface area contributed by atoms with E-state index in [-0.39, 0.29) is 5.91 Å². The fraction of sp³-hybridized carbons (Fsp3) is 0.200. The van der Waals surface area contributed by atoms with Crippen LogP contribution in [-0.4, -0.2) is 15.5 Å². The van der Waals surface area contributed by atoms with Crippen molar-refractivity contribution >= 4 is 16.9 Å². The maximum Gasteiger partial charge on any atom is 0.229 e. The van der Waals surface area contributed by atoms with Crippen LogP contribution in [0.2, 0.25) is 0 Å². The summed E-state index contributed by atoms with van der Waals surface area (Å²) in [4.78, 5) is 15.3. The number of nitrogens with zero attached hydrogens (tertiary/aromatic N) is 2. The summed E-state index contributed by atoms with van der Waals surface area (Å²) >= 11 is 0. The Labute approximate surface area is 76.0 Å². The van der Waals surface area contributed by atoms with Crippen LogP contribution in [0.1, 0.15) is 17.3 Å². The molecule has 66 valence electrons. The molecular formula is C10H10N2O. The lowest BCUT2D eigenvalue weighted by Crippen LogP contribution is -2.02. The van der Waals surface area contributed by atoms with Crippen LogP contribution in [-0.2, 0) is 0 Å². The Morgan fingerprint density at radius 3 is 2.92 bits per heavy atom. The quantitative estimate of drug-likeness (QED) is 0.612. The third-order valence-electron chi connectivity index (χ3n) is 2.12. The molecule has 0 radical (unpaired) electrons. The molecule has 0 atom stereocenters. The number of carbonyl (C=O) groups excluding carboxylic acids is 1. The fourth-order valence-electron chi connectivity index (χ4n) is 1.43. The molecule has 1 heterocycles. The molecule has 0 saturated heterocycles. The zero-order valence-electron chi connectivity index (χ0n) is 7.61. The van der Waals surface area contributed by atoms with Gasteiger partial charge in [-0.15, -0.1) is 0 Å². The molecule has 0 amide bonds. The number of aromatic nitrogens is 2. The van der Waals surface area contributed by atoms with E-state index in [0.29, 0.717) is 0 Å². The maximum absolute atomic E-state index is 11.2. The molecule has 0 fully saturated rings. The van der Waals surface area contributed by atoms with E-state index in [0.717, 1.165) is 16.6 Å². The first-order valence-electron chi connectivity index (χ1n) is 4.14. The largest absolute Gasteiger partial charge is 0.274 e. The summed E-state index contributed by atoms with van der Waals surface area (Å²) in [6.45, 7) is 3.52. The molecule has 0 unspecified atom stereocenters. The van der Waals surface area contributed by atoms with Crippen LogP contribution in [0, 0.1) is 6.92 Å². The molecule has 0 N–H and O–H groups in total. The second kappa shape index (κ2) is 2.69. The molecule has 0 aliphatic rings. The molecule has 0 spiro atoms. The predicted molar refractivity (Wildman–Crippen MR) is 50.8 cm³/mol. The van der Waals surface area contributed by atoms with E-state index in [4.69, 9.17) is 0 Å². The van der Waals surface area contributed by atoms with E-state index >= 15 is 0 Å². The number of rotatable bonds is 0. The molecule has 2 aromatic rings. The smallest absolute Gasteiger partial charge is 0.229 e. The third-order valence-corrected chi connectivity index (χ3v) is 2.12. The van der Waals surface area contributed by atoms with Crippen molar-refractivity contribution in [1.82, 2.24) is 9.55 Å². The highest BCUT2D eigenvalue weighted by molar-refractivity contribution is 5.90. The van der Waals surface area contributed by atoms with E-state index in [1.54, 1.807) is 10.9 Å². The van der Waals surface area contributed by atoms with E-state index in [9.17, 15) is 4.79 Å². The molecule has 0 aliphatic heterocycles. The minimum absolute atomic E-state index is 0.00639. The molecule has 0 aliphatic carbocycles. The lowest BCUT2D eigenvalue weighted by Gasteiger charge is -1.97. The van der Waals surface area contributed by atoms with Crippen LogP contribution < -0.4 is 0 Å². The predicted octanol–water partition coefficient (Wildman–Crippen LogP) is 2.00. The van der Waals surface area contributed by atoms with Crippen LogP contribution in [0.4, 0.5) is 0 Å². The van der Waals surface area contributed by atoms with Crippen molar-refractivity contribution in [3.8, 4) is 0 Å². The number of hydrogen-bond donors (Lipinski definition) is 0. The van der Waals surface area contributed by atoms with Gasteiger partial charge in [0.1, 0.15) is 6.33 Å². The van der Waals surface area contributed by atoms with Gasteiger partial charge in [0.05, 0.1) is 11.0 Å². The number of para-hydroxylation sites is 1. The van der Waals surface area contributed by atoms with Crippen molar-refractivity contribution in [2.45, 2.75) is 13.8 Å². The van der Waals surface area contributed by atoms with Gasteiger partial charge in [-0.1, -0.05) is 12.1 Å². The molecular weight excluding hydrogens is 164 g/mol. The van der Waals surface area contributed by atoms with Gasteiger partial charge >= 0.3 is 0 Å². The lowest BCUT2D eigenvalue weighted by molar-refractivity contribution is 0.0941. The van der Waals surface area contributed by atoms with Gasteiger partial charge in [0, 0.05) is 6.92 Å². The zero-order chi connectivity index (χ0) is 9.42. The zero-order valence-corrected chi connectivity index (χ0v) is 7.61. The van der Waals surface area contributed by atoms with Crippen molar-refractivity contribution in [2.24, 2.45) is 0 Å². The summed E-state index contributed by atoms with van der Waals surface area (Å²) < 4.78 is 1.56. The highest BCUT2D eigenvalue weighted by atomic mass is 16.1. The SMILES string of the molecule is CC(=O)n1cnc2c(C)cccc21. The Balaban J connectivity index is 2.83. The number of carbonyl (C=O) groups is 1. The second-order valence-corrected chi connectivity index (χ2v) is 3.08. The van der Waals surface area contributed by atoms with Gasteiger partial charge in [-0.2, -0.15) is 0 Å². The first-order chi connectivity index (χ1) is 6.20. The van der Waals surface area contributed by atoms with Gasteiger partial charge < -0.3 is 0 Å². The number of fused-ring (bicyclic) bond motifs is 1. The monoisotopic (exact) mass is 174 g/mol. The molecule has 13 heavy (non-hydrogen) atoms. The molecule has 1 aromatic carbocycles. The Morgan fingerprint density at radius 2 is 2.23 bits per heavy atom. The van der Waals surface area contributed by atoms with Gasteiger partial charge in [-0.3, -0.25) is 9.36 Å². The van der Waals surface area contributed by atoms with Crippen molar-refractivity contribution in [3.05, 3.63) is 30.1 Å². The van der Waals surface area contributed by atoms with Crippen LogP contribution in [0.15, 0.2) is 24.5 Å². The summed E-state index contributed by atoms with van der Waals surface area (Å²) in [6, 6.07) is 5.81. The second-order valence-electron chi connectivity index (χ2n) is 3.08. The molecule has 3 nitrogen and oxygen atoms in total. The average Bonchev–Trinajstić information content (AvgIpc) is 2.48. The first kappa shape index (κ1) is 7.98. The Bertz CT molecular complexity index is 471. The van der Waals surface area contributed by atoms with Gasteiger partial charge in [0.25, 0.3) is 0 Å². The Kier molecular flexibility index (Phi) is 1.65. The van der Waals surface area contributed by atoms with Gasteiger partial charge in [0.2, 0.25) is 5.91 Å². The number of imidazole rings is 1.